The van der Waals surface area contributed by atoms with E-state index in [4.69, 9.17) is 4.74 Å². The molecule has 0 spiro atoms. The highest BCUT2D eigenvalue weighted by Crippen LogP contribution is 2.28. The first kappa shape index (κ1) is 20.9. The van der Waals surface area contributed by atoms with Crippen LogP contribution in [0.2, 0.25) is 0 Å². The first-order valence-electron chi connectivity index (χ1n) is 10.4. The summed E-state index contributed by atoms with van der Waals surface area (Å²) in [6.07, 6.45) is 7.92. The van der Waals surface area contributed by atoms with Crippen LogP contribution < -0.4 is 15.4 Å². The SMILES string of the molecule is COc1ccc(C(=O)Nc2cc(NC(=O)CCC3CCCCC3)ccc2C)cc1. The van der Waals surface area contributed by atoms with Crippen LogP contribution in [0.3, 0.4) is 0 Å². The first-order chi connectivity index (χ1) is 14.0. The van der Waals surface area contributed by atoms with Crippen LogP contribution in [0, 0.1) is 12.8 Å². The zero-order chi connectivity index (χ0) is 20.6. The van der Waals surface area contributed by atoms with Gasteiger partial charge in [0.25, 0.3) is 5.91 Å². The average Bonchev–Trinajstić information content (AvgIpc) is 2.75. The van der Waals surface area contributed by atoms with Gasteiger partial charge in [0.2, 0.25) is 5.91 Å². The van der Waals surface area contributed by atoms with Crippen LogP contribution in [-0.2, 0) is 4.79 Å². The van der Waals surface area contributed by atoms with Crippen LogP contribution >= 0.6 is 0 Å². The van der Waals surface area contributed by atoms with Gasteiger partial charge in [0.05, 0.1) is 7.11 Å². The lowest BCUT2D eigenvalue weighted by atomic mass is 9.86. The van der Waals surface area contributed by atoms with E-state index in [-0.39, 0.29) is 11.8 Å². The number of hydrogen-bond acceptors (Lipinski definition) is 3. The first-order valence-corrected chi connectivity index (χ1v) is 10.4. The number of methoxy groups -OCH3 is 1. The van der Waals surface area contributed by atoms with Crippen molar-refractivity contribution in [2.45, 2.75) is 51.9 Å². The number of aryl methyl sites for hydroxylation is 1. The van der Waals surface area contributed by atoms with Crippen LogP contribution in [0.5, 0.6) is 5.75 Å². The molecule has 154 valence electrons. The third kappa shape index (κ3) is 6.08. The lowest BCUT2D eigenvalue weighted by Crippen LogP contribution is -2.16. The Morgan fingerprint density at radius 2 is 1.72 bits per heavy atom. The van der Waals surface area contributed by atoms with E-state index >= 15 is 0 Å². The van der Waals surface area contributed by atoms with E-state index in [1.54, 1.807) is 31.4 Å². The van der Waals surface area contributed by atoms with Gasteiger partial charge in [-0.15, -0.1) is 0 Å². The van der Waals surface area contributed by atoms with Crippen LogP contribution in [0.25, 0.3) is 0 Å². The van der Waals surface area contributed by atoms with Crippen molar-refractivity contribution in [3.63, 3.8) is 0 Å². The molecule has 2 aromatic carbocycles. The molecule has 1 fully saturated rings. The highest BCUT2D eigenvalue weighted by Gasteiger charge is 2.15. The number of amides is 2. The van der Waals surface area contributed by atoms with Gasteiger partial charge in [-0.2, -0.15) is 0 Å². The van der Waals surface area contributed by atoms with Crippen molar-refractivity contribution in [1.82, 2.24) is 0 Å². The van der Waals surface area contributed by atoms with Gasteiger partial charge in [-0.25, -0.2) is 0 Å². The topological polar surface area (TPSA) is 67.4 Å². The summed E-state index contributed by atoms with van der Waals surface area (Å²) in [5.41, 5.74) is 2.88. The Kier molecular flexibility index (Phi) is 7.28. The molecule has 5 nitrogen and oxygen atoms in total. The standard InChI is InChI=1S/C24H30N2O3/c1-17-8-12-20(25-23(27)15-9-18-6-4-3-5-7-18)16-22(17)26-24(28)19-10-13-21(29-2)14-11-19/h8,10-14,16,18H,3-7,9,15H2,1-2H3,(H,25,27)(H,26,28). The summed E-state index contributed by atoms with van der Waals surface area (Å²) < 4.78 is 5.13. The van der Waals surface area contributed by atoms with Crippen molar-refractivity contribution < 1.29 is 14.3 Å². The maximum atomic E-state index is 12.5. The number of hydrogen-bond donors (Lipinski definition) is 2. The van der Waals surface area contributed by atoms with Gasteiger partial charge in [-0.3, -0.25) is 9.59 Å². The number of ether oxygens (including phenoxy) is 1. The molecule has 2 amide bonds. The van der Waals surface area contributed by atoms with Gasteiger partial charge in [-0.1, -0.05) is 38.2 Å². The summed E-state index contributed by atoms with van der Waals surface area (Å²) in [4.78, 5) is 24.9. The van der Waals surface area contributed by atoms with Crippen molar-refractivity contribution in [2.75, 3.05) is 17.7 Å². The summed E-state index contributed by atoms with van der Waals surface area (Å²) in [5, 5.41) is 5.90. The molecule has 0 aromatic heterocycles. The molecule has 29 heavy (non-hydrogen) atoms. The van der Waals surface area contributed by atoms with Crippen molar-refractivity contribution >= 4 is 23.2 Å². The number of anilines is 2. The highest BCUT2D eigenvalue weighted by atomic mass is 16.5. The van der Waals surface area contributed by atoms with Gasteiger partial charge >= 0.3 is 0 Å². The molecule has 0 radical (unpaired) electrons. The van der Waals surface area contributed by atoms with Gasteiger partial charge in [-0.05, 0) is 61.2 Å². The maximum absolute atomic E-state index is 12.5. The van der Waals surface area contributed by atoms with E-state index in [0.29, 0.717) is 35.0 Å². The predicted molar refractivity (Wildman–Crippen MR) is 117 cm³/mol. The Morgan fingerprint density at radius 1 is 1.00 bits per heavy atom. The molecule has 0 heterocycles. The maximum Gasteiger partial charge on any atom is 0.255 e. The van der Waals surface area contributed by atoms with Gasteiger partial charge in [0.1, 0.15) is 5.75 Å². The van der Waals surface area contributed by atoms with Crippen LogP contribution in [0.15, 0.2) is 42.5 Å². The minimum absolute atomic E-state index is 0.0341. The van der Waals surface area contributed by atoms with Gasteiger partial charge < -0.3 is 15.4 Å². The number of carbonyl (C=O) groups is 2. The molecule has 2 N–H and O–H groups in total. The van der Waals surface area contributed by atoms with E-state index in [1.165, 1.54) is 32.1 Å². The summed E-state index contributed by atoms with van der Waals surface area (Å²) in [6, 6.07) is 12.5. The van der Waals surface area contributed by atoms with Crippen molar-refractivity contribution in [2.24, 2.45) is 5.92 Å². The summed E-state index contributed by atoms with van der Waals surface area (Å²) in [7, 11) is 1.59. The number of carbonyl (C=O) groups excluding carboxylic acids is 2. The Morgan fingerprint density at radius 3 is 2.41 bits per heavy atom. The lowest BCUT2D eigenvalue weighted by Gasteiger charge is -2.21. The predicted octanol–water partition coefficient (Wildman–Crippen LogP) is 5.55. The molecule has 1 aliphatic rings. The minimum Gasteiger partial charge on any atom is -0.497 e. The molecular weight excluding hydrogens is 364 g/mol. The van der Waals surface area contributed by atoms with Crippen LogP contribution in [0.1, 0.15) is 60.9 Å². The fourth-order valence-corrected chi connectivity index (χ4v) is 3.81. The van der Waals surface area contributed by atoms with Crippen molar-refractivity contribution in [1.29, 1.82) is 0 Å². The second-order valence-electron chi connectivity index (χ2n) is 7.80. The molecule has 0 aliphatic heterocycles. The van der Waals surface area contributed by atoms with E-state index < -0.39 is 0 Å². The van der Waals surface area contributed by atoms with Crippen LogP contribution in [-0.4, -0.2) is 18.9 Å². The van der Waals surface area contributed by atoms with E-state index in [1.807, 2.05) is 25.1 Å². The van der Waals surface area contributed by atoms with Gasteiger partial charge in [0, 0.05) is 23.4 Å². The molecule has 0 atom stereocenters. The van der Waals surface area contributed by atoms with E-state index in [2.05, 4.69) is 10.6 Å². The van der Waals surface area contributed by atoms with Crippen LogP contribution in [0.4, 0.5) is 11.4 Å². The minimum atomic E-state index is -0.198. The summed E-state index contributed by atoms with van der Waals surface area (Å²) in [5.74, 6) is 1.23. The van der Waals surface area contributed by atoms with Crippen molar-refractivity contribution in [3.8, 4) is 5.75 Å². The molecule has 2 aromatic rings. The molecule has 0 bridgehead atoms. The quantitative estimate of drug-likeness (QED) is 0.646. The van der Waals surface area contributed by atoms with Crippen molar-refractivity contribution in [3.05, 3.63) is 53.6 Å². The number of rotatable bonds is 7. The zero-order valence-corrected chi connectivity index (χ0v) is 17.3. The Balaban J connectivity index is 1.58. The van der Waals surface area contributed by atoms with Gasteiger partial charge in [0.15, 0.2) is 0 Å². The smallest absolute Gasteiger partial charge is 0.255 e. The zero-order valence-electron chi connectivity index (χ0n) is 17.3. The third-order valence-corrected chi connectivity index (χ3v) is 5.63. The molecule has 1 aliphatic carbocycles. The number of benzene rings is 2. The fraction of sp³-hybridized carbons (Fsp3) is 0.417. The molecule has 5 heteroatoms. The summed E-state index contributed by atoms with van der Waals surface area (Å²) in [6.45, 7) is 1.93. The largest absolute Gasteiger partial charge is 0.497 e. The normalized spacial score (nSPS) is 14.3. The second-order valence-corrected chi connectivity index (χ2v) is 7.80. The Bertz CT molecular complexity index is 840. The monoisotopic (exact) mass is 394 g/mol. The third-order valence-electron chi connectivity index (χ3n) is 5.63. The molecule has 1 saturated carbocycles. The highest BCUT2D eigenvalue weighted by molar-refractivity contribution is 6.05. The van der Waals surface area contributed by atoms with E-state index in [0.717, 1.165) is 12.0 Å². The Labute approximate surface area is 172 Å². The average molecular weight is 395 g/mol. The fourth-order valence-electron chi connectivity index (χ4n) is 3.81. The summed E-state index contributed by atoms with van der Waals surface area (Å²) >= 11 is 0. The number of nitrogens with one attached hydrogen (secondary N) is 2. The molecular formula is C24H30N2O3. The second kappa shape index (κ2) is 10.1. The molecule has 0 saturated heterocycles. The molecule has 0 unspecified atom stereocenters. The Hall–Kier alpha value is -2.82. The molecule has 3 rings (SSSR count). The lowest BCUT2D eigenvalue weighted by molar-refractivity contribution is -0.116. The van der Waals surface area contributed by atoms with E-state index in [9.17, 15) is 9.59 Å².